The van der Waals surface area contributed by atoms with E-state index >= 15 is 0 Å². The van der Waals surface area contributed by atoms with Gasteiger partial charge in [-0.1, -0.05) is 17.7 Å². The molecule has 1 aromatic rings. The lowest BCUT2D eigenvalue weighted by molar-refractivity contribution is -0.118. The van der Waals surface area contributed by atoms with E-state index in [1.165, 1.54) is 11.1 Å². The molecular formula is C13H16ClNO. The minimum Gasteiger partial charge on any atom is -0.312 e. The van der Waals surface area contributed by atoms with Crippen LogP contribution in [-0.4, -0.2) is 18.3 Å². The van der Waals surface area contributed by atoms with Crippen LogP contribution in [0.25, 0.3) is 0 Å². The van der Waals surface area contributed by atoms with Crippen LogP contribution in [0, 0.1) is 6.92 Å². The van der Waals surface area contributed by atoms with Crippen LogP contribution in [0.2, 0.25) is 0 Å². The highest BCUT2D eigenvalue weighted by molar-refractivity contribution is 6.19. The summed E-state index contributed by atoms with van der Waals surface area (Å²) in [5.41, 5.74) is 3.62. The molecule has 0 N–H and O–H groups in total. The molecule has 0 aromatic heterocycles. The number of fused-ring (bicyclic) bond motifs is 1. The normalized spacial score (nSPS) is 14.8. The van der Waals surface area contributed by atoms with Gasteiger partial charge < -0.3 is 4.90 Å². The smallest absolute Gasteiger partial charge is 0.228 e. The molecule has 1 aliphatic rings. The Hall–Kier alpha value is -1.02. The standard InChI is InChI=1S/C13H16ClNO/c1-10-4-5-12-11(9-10)3-2-8-15(12)13(16)6-7-14/h4-5,9H,2-3,6-8H2,1H3. The molecule has 16 heavy (non-hydrogen) atoms. The third kappa shape index (κ3) is 2.22. The molecule has 3 heteroatoms. The van der Waals surface area contributed by atoms with Crippen molar-refractivity contribution in [2.24, 2.45) is 0 Å². The van der Waals surface area contributed by atoms with Crippen molar-refractivity contribution < 1.29 is 4.79 Å². The number of carbonyl (C=O) groups is 1. The van der Waals surface area contributed by atoms with Crippen LogP contribution < -0.4 is 4.90 Å². The maximum atomic E-state index is 11.9. The van der Waals surface area contributed by atoms with Gasteiger partial charge in [-0.05, 0) is 31.4 Å². The van der Waals surface area contributed by atoms with E-state index in [2.05, 4.69) is 25.1 Å². The Morgan fingerprint density at radius 3 is 3.06 bits per heavy atom. The largest absolute Gasteiger partial charge is 0.312 e. The second kappa shape index (κ2) is 4.88. The van der Waals surface area contributed by atoms with Gasteiger partial charge in [0.25, 0.3) is 0 Å². The summed E-state index contributed by atoms with van der Waals surface area (Å²) in [6.07, 6.45) is 2.54. The summed E-state index contributed by atoms with van der Waals surface area (Å²) >= 11 is 5.62. The summed E-state index contributed by atoms with van der Waals surface area (Å²) in [7, 11) is 0. The highest BCUT2D eigenvalue weighted by atomic mass is 35.5. The van der Waals surface area contributed by atoms with Crippen LogP contribution in [-0.2, 0) is 11.2 Å². The van der Waals surface area contributed by atoms with E-state index in [0.29, 0.717) is 12.3 Å². The third-order valence-corrected chi connectivity index (χ3v) is 3.15. The van der Waals surface area contributed by atoms with E-state index in [4.69, 9.17) is 11.6 Å². The number of nitrogens with zero attached hydrogens (tertiary/aromatic N) is 1. The maximum absolute atomic E-state index is 11.9. The molecule has 2 rings (SSSR count). The Balaban J connectivity index is 2.29. The molecule has 1 aliphatic heterocycles. The summed E-state index contributed by atoms with van der Waals surface area (Å²) in [4.78, 5) is 13.8. The molecule has 1 amide bonds. The van der Waals surface area contributed by atoms with Crippen LogP contribution in [0.3, 0.4) is 0 Å². The number of anilines is 1. The lowest BCUT2D eigenvalue weighted by Gasteiger charge is -2.29. The number of hydrogen-bond acceptors (Lipinski definition) is 1. The molecule has 0 spiro atoms. The summed E-state index contributed by atoms with van der Waals surface area (Å²) in [6, 6.07) is 6.29. The molecule has 0 radical (unpaired) electrons. The first-order valence-corrected chi connectivity index (χ1v) is 6.21. The Labute approximate surface area is 101 Å². The molecule has 0 bridgehead atoms. The van der Waals surface area contributed by atoms with Gasteiger partial charge >= 0.3 is 0 Å². The SMILES string of the molecule is Cc1ccc2c(c1)CCCN2C(=O)CCCl. The Morgan fingerprint density at radius 2 is 2.31 bits per heavy atom. The van der Waals surface area contributed by atoms with Gasteiger partial charge in [-0.2, -0.15) is 0 Å². The number of hydrogen-bond donors (Lipinski definition) is 0. The summed E-state index contributed by atoms with van der Waals surface area (Å²) in [5.74, 6) is 0.538. The zero-order chi connectivity index (χ0) is 11.5. The zero-order valence-electron chi connectivity index (χ0n) is 9.50. The van der Waals surface area contributed by atoms with Gasteiger partial charge in [0.1, 0.15) is 0 Å². The van der Waals surface area contributed by atoms with Crippen molar-refractivity contribution in [3.63, 3.8) is 0 Å². The van der Waals surface area contributed by atoms with Crippen molar-refractivity contribution in [2.75, 3.05) is 17.3 Å². The van der Waals surface area contributed by atoms with Crippen LogP contribution in [0.4, 0.5) is 5.69 Å². The first kappa shape index (κ1) is 11.5. The third-order valence-electron chi connectivity index (χ3n) is 2.96. The molecule has 0 aliphatic carbocycles. The van der Waals surface area contributed by atoms with Gasteiger partial charge in [-0.3, -0.25) is 4.79 Å². The van der Waals surface area contributed by atoms with Crippen molar-refractivity contribution in [2.45, 2.75) is 26.2 Å². The summed E-state index contributed by atoms with van der Waals surface area (Å²) in [5, 5.41) is 0. The van der Waals surface area contributed by atoms with Gasteiger partial charge in [0.05, 0.1) is 0 Å². The monoisotopic (exact) mass is 237 g/mol. The number of carbonyl (C=O) groups excluding carboxylic acids is 1. The van der Waals surface area contributed by atoms with Crippen LogP contribution in [0.15, 0.2) is 18.2 Å². The fourth-order valence-corrected chi connectivity index (χ4v) is 2.36. The van der Waals surface area contributed by atoms with E-state index in [1.807, 2.05) is 4.90 Å². The van der Waals surface area contributed by atoms with Gasteiger partial charge in [-0.15, -0.1) is 11.6 Å². The number of amides is 1. The topological polar surface area (TPSA) is 20.3 Å². The molecule has 0 fully saturated rings. The van der Waals surface area contributed by atoms with E-state index in [9.17, 15) is 4.79 Å². The lowest BCUT2D eigenvalue weighted by Crippen LogP contribution is -2.35. The van der Waals surface area contributed by atoms with Gasteiger partial charge in [-0.25, -0.2) is 0 Å². The molecule has 0 atom stereocenters. The molecule has 1 heterocycles. The summed E-state index contributed by atoms with van der Waals surface area (Å²) < 4.78 is 0. The molecule has 0 saturated heterocycles. The minimum absolute atomic E-state index is 0.139. The zero-order valence-corrected chi connectivity index (χ0v) is 10.3. The second-order valence-electron chi connectivity index (χ2n) is 4.22. The lowest BCUT2D eigenvalue weighted by atomic mass is 9.99. The van der Waals surface area contributed by atoms with Crippen molar-refractivity contribution in [3.8, 4) is 0 Å². The van der Waals surface area contributed by atoms with E-state index in [0.717, 1.165) is 25.1 Å². The number of benzene rings is 1. The minimum atomic E-state index is 0.139. The number of aryl methyl sites for hydroxylation is 2. The highest BCUT2D eigenvalue weighted by Gasteiger charge is 2.21. The molecule has 0 saturated carbocycles. The summed E-state index contributed by atoms with van der Waals surface area (Å²) in [6.45, 7) is 2.91. The number of alkyl halides is 1. The van der Waals surface area contributed by atoms with E-state index in [-0.39, 0.29) is 5.91 Å². The fraction of sp³-hybridized carbons (Fsp3) is 0.462. The van der Waals surface area contributed by atoms with Crippen molar-refractivity contribution in [3.05, 3.63) is 29.3 Å². The van der Waals surface area contributed by atoms with E-state index < -0.39 is 0 Å². The first-order valence-electron chi connectivity index (χ1n) is 5.68. The van der Waals surface area contributed by atoms with Crippen LogP contribution in [0.1, 0.15) is 24.0 Å². The predicted molar refractivity (Wildman–Crippen MR) is 67.2 cm³/mol. The highest BCUT2D eigenvalue weighted by Crippen LogP contribution is 2.28. The first-order chi connectivity index (χ1) is 7.72. The van der Waals surface area contributed by atoms with Gasteiger partial charge in [0.15, 0.2) is 0 Å². The molecule has 2 nitrogen and oxygen atoms in total. The molecule has 0 unspecified atom stereocenters. The number of halogens is 1. The Bertz CT molecular complexity index is 403. The molecular weight excluding hydrogens is 222 g/mol. The van der Waals surface area contributed by atoms with Crippen molar-refractivity contribution in [1.29, 1.82) is 0 Å². The van der Waals surface area contributed by atoms with Crippen molar-refractivity contribution in [1.82, 2.24) is 0 Å². The van der Waals surface area contributed by atoms with Gasteiger partial charge in [0.2, 0.25) is 5.91 Å². The average Bonchev–Trinajstić information content (AvgIpc) is 2.28. The quantitative estimate of drug-likeness (QED) is 0.725. The maximum Gasteiger partial charge on any atom is 0.228 e. The number of rotatable bonds is 2. The predicted octanol–water partition coefficient (Wildman–Crippen LogP) is 2.90. The molecule has 1 aromatic carbocycles. The molecule has 86 valence electrons. The second-order valence-corrected chi connectivity index (χ2v) is 4.60. The van der Waals surface area contributed by atoms with Crippen molar-refractivity contribution >= 4 is 23.2 Å². The fourth-order valence-electron chi connectivity index (χ4n) is 2.20. The Kier molecular flexibility index (Phi) is 3.49. The van der Waals surface area contributed by atoms with Gasteiger partial charge in [0, 0.05) is 24.5 Å². The van der Waals surface area contributed by atoms with E-state index in [1.54, 1.807) is 0 Å². The Morgan fingerprint density at radius 1 is 1.50 bits per heavy atom. The average molecular weight is 238 g/mol. The van der Waals surface area contributed by atoms with Crippen LogP contribution >= 0.6 is 11.6 Å². The van der Waals surface area contributed by atoms with Crippen LogP contribution in [0.5, 0.6) is 0 Å².